The van der Waals surface area contributed by atoms with E-state index in [9.17, 15) is 9.18 Å². The lowest BCUT2D eigenvalue weighted by Crippen LogP contribution is -2.57. The van der Waals surface area contributed by atoms with Gasteiger partial charge in [0.15, 0.2) is 0 Å². The number of hydrogen-bond donors (Lipinski definition) is 1. The summed E-state index contributed by atoms with van der Waals surface area (Å²) in [6.07, 6.45) is 11.1. The fraction of sp³-hybridized carbons (Fsp3) is 0.433. The van der Waals surface area contributed by atoms with Crippen molar-refractivity contribution in [3.8, 4) is 11.3 Å². The molecule has 1 aromatic heterocycles. The first-order valence-electron chi connectivity index (χ1n) is 13.7. The van der Waals surface area contributed by atoms with Crippen LogP contribution in [0.1, 0.15) is 50.5 Å². The molecule has 3 aromatic rings. The minimum atomic E-state index is -0.575. The smallest absolute Gasteiger partial charge is 0.328 e. The molecule has 38 heavy (non-hydrogen) atoms. The zero-order valence-electron chi connectivity index (χ0n) is 21.9. The molecular weight excluding hydrogens is 479 g/mol. The van der Waals surface area contributed by atoms with E-state index in [1.165, 1.54) is 37.0 Å². The highest BCUT2D eigenvalue weighted by atomic mass is 19.1. The van der Waals surface area contributed by atoms with Gasteiger partial charge in [-0.25, -0.2) is 14.2 Å². The Morgan fingerprint density at radius 1 is 1.08 bits per heavy atom. The number of benzene rings is 2. The molecule has 7 nitrogen and oxygen atoms in total. The molecule has 0 unspecified atom stereocenters. The lowest BCUT2D eigenvalue weighted by atomic mass is 9.84. The fourth-order valence-corrected chi connectivity index (χ4v) is 6.29. The van der Waals surface area contributed by atoms with Gasteiger partial charge in [-0.05, 0) is 55.5 Å². The molecule has 8 heteroatoms. The van der Waals surface area contributed by atoms with Gasteiger partial charge in [-0.1, -0.05) is 43.5 Å². The zero-order valence-corrected chi connectivity index (χ0v) is 21.9. The summed E-state index contributed by atoms with van der Waals surface area (Å²) in [5.74, 6) is 0.434. The monoisotopic (exact) mass is 514 g/mol. The number of aliphatic imine (C=N–C) groups is 1. The Morgan fingerprint density at radius 3 is 2.61 bits per heavy atom. The number of nitrogens with one attached hydrogen (secondary N) is 1. The summed E-state index contributed by atoms with van der Waals surface area (Å²) < 4.78 is 16.2. The molecule has 1 spiro atoms. The van der Waals surface area contributed by atoms with Crippen LogP contribution in [0.3, 0.4) is 0 Å². The summed E-state index contributed by atoms with van der Waals surface area (Å²) in [6, 6.07) is 15.0. The van der Waals surface area contributed by atoms with E-state index in [2.05, 4.69) is 39.5 Å². The first-order chi connectivity index (χ1) is 18.5. The van der Waals surface area contributed by atoms with Crippen LogP contribution in [0.15, 0.2) is 66.0 Å². The van der Waals surface area contributed by atoms with Gasteiger partial charge in [-0.15, -0.1) is 0 Å². The van der Waals surface area contributed by atoms with Crippen molar-refractivity contribution in [2.24, 2.45) is 12.0 Å². The van der Waals surface area contributed by atoms with E-state index in [4.69, 9.17) is 4.99 Å². The van der Waals surface area contributed by atoms with E-state index in [1.807, 2.05) is 30.2 Å². The van der Waals surface area contributed by atoms with Crippen LogP contribution in [-0.2, 0) is 13.6 Å². The van der Waals surface area contributed by atoms with Crippen LogP contribution in [0.25, 0.3) is 11.3 Å². The van der Waals surface area contributed by atoms with Gasteiger partial charge in [0.25, 0.3) is 0 Å². The third kappa shape index (κ3) is 4.85. The average Bonchev–Trinajstić information content (AvgIpc) is 3.47. The molecular formula is C30H35FN6O. The Kier molecular flexibility index (Phi) is 6.74. The lowest BCUT2D eigenvalue weighted by Gasteiger charge is -2.44. The number of anilines is 1. The number of amidine groups is 1. The van der Waals surface area contributed by atoms with Crippen LogP contribution >= 0.6 is 0 Å². The highest BCUT2D eigenvalue weighted by Crippen LogP contribution is 2.39. The third-order valence-electron chi connectivity index (χ3n) is 8.27. The molecule has 2 aromatic carbocycles. The fourth-order valence-electron chi connectivity index (χ4n) is 6.29. The molecule has 1 saturated carbocycles. The van der Waals surface area contributed by atoms with Crippen LogP contribution in [0, 0.1) is 5.82 Å². The minimum Gasteiger partial charge on any atom is -0.340 e. The second-order valence-corrected chi connectivity index (χ2v) is 10.9. The maximum atomic E-state index is 14.2. The number of nitrogens with zero attached hydrogens (tertiary/aromatic N) is 5. The number of carbonyl (C=O) groups is 1. The van der Waals surface area contributed by atoms with Crippen LogP contribution in [0.4, 0.5) is 14.9 Å². The molecule has 0 bridgehead atoms. The third-order valence-corrected chi connectivity index (χ3v) is 8.27. The van der Waals surface area contributed by atoms with Gasteiger partial charge in [0.1, 0.15) is 17.2 Å². The number of hydrogen-bond acceptors (Lipinski definition) is 4. The van der Waals surface area contributed by atoms with E-state index < -0.39 is 5.54 Å². The summed E-state index contributed by atoms with van der Waals surface area (Å²) in [5, 5.41) is 3.11. The quantitative estimate of drug-likeness (QED) is 0.488. The van der Waals surface area contributed by atoms with E-state index in [1.54, 1.807) is 11.0 Å². The van der Waals surface area contributed by atoms with Gasteiger partial charge in [0, 0.05) is 44.1 Å². The van der Waals surface area contributed by atoms with Gasteiger partial charge < -0.3 is 4.57 Å². The molecule has 6 rings (SSSR count). The van der Waals surface area contributed by atoms with Crippen molar-refractivity contribution < 1.29 is 9.18 Å². The minimum absolute atomic E-state index is 0.207. The van der Waals surface area contributed by atoms with Crippen molar-refractivity contribution in [3.63, 3.8) is 0 Å². The van der Waals surface area contributed by atoms with Gasteiger partial charge in [-0.3, -0.25) is 20.1 Å². The number of carbonyl (C=O) groups excluding carboxylic acids is 1. The Bertz CT molecular complexity index is 1340. The second-order valence-electron chi connectivity index (χ2n) is 10.9. The van der Waals surface area contributed by atoms with E-state index in [0.717, 1.165) is 62.4 Å². The molecule has 0 atom stereocenters. The van der Waals surface area contributed by atoms with E-state index >= 15 is 0 Å². The van der Waals surface area contributed by atoms with Gasteiger partial charge >= 0.3 is 6.03 Å². The topological polar surface area (TPSA) is 65.8 Å². The zero-order chi connectivity index (χ0) is 26.1. The molecule has 198 valence electrons. The summed E-state index contributed by atoms with van der Waals surface area (Å²) in [6.45, 7) is 2.46. The highest BCUT2D eigenvalue weighted by molar-refractivity contribution is 6.19. The average molecular weight is 515 g/mol. The van der Waals surface area contributed by atoms with Crippen molar-refractivity contribution in [1.29, 1.82) is 0 Å². The molecule has 1 aliphatic carbocycles. The maximum absolute atomic E-state index is 14.2. The Balaban J connectivity index is 1.24. The molecule has 2 saturated heterocycles. The number of halogens is 1. The molecule has 2 amide bonds. The molecule has 1 N–H and O–H groups in total. The second kappa shape index (κ2) is 10.3. The number of likely N-dealkylation sites (tertiary alicyclic amines) is 1. The first kappa shape index (κ1) is 24.8. The molecule has 3 aliphatic rings. The number of rotatable bonds is 5. The number of aromatic nitrogens is 2. The van der Waals surface area contributed by atoms with Crippen molar-refractivity contribution >= 4 is 17.6 Å². The first-order valence-corrected chi connectivity index (χ1v) is 13.7. The Hall–Kier alpha value is -3.52. The summed E-state index contributed by atoms with van der Waals surface area (Å²) in [5.41, 5.74) is 3.34. The highest BCUT2D eigenvalue weighted by Gasteiger charge is 2.53. The Morgan fingerprint density at radius 2 is 1.87 bits per heavy atom. The van der Waals surface area contributed by atoms with Crippen LogP contribution in [0.5, 0.6) is 0 Å². The van der Waals surface area contributed by atoms with Crippen LogP contribution in [0.2, 0.25) is 0 Å². The number of piperidine rings is 1. The number of amides is 2. The van der Waals surface area contributed by atoms with Gasteiger partial charge in [0.05, 0.1) is 18.1 Å². The number of urea groups is 1. The molecule has 3 fully saturated rings. The summed E-state index contributed by atoms with van der Waals surface area (Å²) in [7, 11) is 1.98. The largest absolute Gasteiger partial charge is 0.340 e. The summed E-state index contributed by atoms with van der Waals surface area (Å²) >= 11 is 0. The van der Waals surface area contributed by atoms with Gasteiger partial charge in [-0.2, -0.15) is 0 Å². The maximum Gasteiger partial charge on any atom is 0.328 e. The lowest BCUT2D eigenvalue weighted by molar-refractivity contribution is 0.184. The normalized spacial score (nSPS) is 21.4. The van der Waals surface area contributed by atoms with Crippen LogP contribution < -0.4 is 10.2 Å². The molecule has 2 aliphatic heterocycles. The molecule has 3 heterocycles. The van der Waals surface area contributed by atoms with Crippen molar-refractivity contribution in [1.82, 2.24) is 19.8 Å². The van der Waals surface area contributed by atoms with Crippen molar-refractivity contribution in [2.45, 2.75) is 63.1 Å². The van der Waals surface area contributed by atoms with E-state index in [0.29, 0.717) is 5.69 Å². The van der Waals surface area contributed by atoms with Crippen molar-refractivity contribution in [3.05, 3.63) is 72.4 Å². The SMILES string of the molecule is Cn1cnc(-c2cccc(CN3CCC4(CC3)C(=NC3CCCCC3)NC(=O)N4c3cccc(F)c3)c2)c1. The number of aryl methyl sites for hydroxylation is 1. The van der Waals surface area contributed by atoms with Gasteiger partial charge in [0.2, 0.25) is 0 Å². The predicted octanol–water partition coefficient (Wildman–Crippen LogP) is 5.52. The number of imidazole rings is 1. The summed E-state index contributed by atoms with van der Waals surface area (Å²) in [4.78, 5) is 27.2. The predicted molar refractivity (Wildman–Crippen MR) is 148 cm³/mol. The van der Waals surface area contributed by atoms with Crippen LogP contribution in [-0.4, -0.2) is 51.0 Å². The molecule has 0 radical (unpaired) electrons. The Labute approximate surface area is 223 Å². The standard InChI is InChI=1S/C30H35FN6O/c1-35-20-27(32-21-35)23-8-5-7-22(17-23)19-36-15-13-30(14-16-36)28(33-25-10-3-2-4-11-25)34-29(38)37(30)26-12-6-9-24(31)18-26/h5-9,12,17-18,20-21,25H,2-4,10-11,13-16,19H2,1H3,(H,33,34,38). The van der Waals surface area contributed by atoms with Crippen molar-refractivity contribution in [2.75, 3.05) is 18.0 Å². The van der Waals surface area contributed by atoms with E-state index in [-0.39, 0.29) is 17.9 Å².